The van der Waals surface area contributed by atoms with Crippen molar-refractivity contribution >= 4 is 20.1 Å². The van der Waals surface area contributed by atoms with Crippen molar-refractivity contribution < 1.29 is 27.6 Å². The Hall–Kier alpha value is -3.18. The van der Waals surface area contributed by atoms with E-state index in [2.05, 4.69) is 49.0 Å². The van der Waals surface area contributed by atoms with E-state index in [0.29, 0.717) is 35.3 Å². The van der Waals surface area contributed by atoms with Crippen LogP contribution in [0.2, 0.25) is 18.1 Å². The number of nitrogens with one attached hydrogen (secondary N) is 1. The van der Waals surface area contributed by atoms with Crippen LogP contribution in [0.15, 0.2) is 41.2 Å². The molecule has 9 nitrogen and oxygen atoms in total. The number of hydrogen-bond acceptors (Lipinski definition) is 7. The largest absolute Gasteiger partial charge is 0.471 e. The Morgan fingerprint density at radius 3 is 2.76 bits per heavy atom. The maximum Gasteiger partial charge on any atom is 0.414 e. The Balaban J connectivity index is 1.40. The minimum Gasteiger partial charge on any atom is -0.471 e. The topological polar surface area (TPSA) is 103 Å². The summed E-state index contributed by atoms with van der Waals surface area (Å²) in [6, 6.07) is 6.11. The van der Waals surface area contributed by atoms with E-state index in [4.69, 9.17) is 18.4 Å². The van der Waals surface area contributed by atoms with Crippen molar-refractivity contribution in [3.63, 3.8) is 0 Å². The van der Waals surface area contributed by atoms with Gasteiger partial charge in [-0.3, -0.25) is 4.90 Å². The number of ether oxygens (including phenoxy) is 2. The number of aromatic amines is 1. The number of carbonyl (C=O) groups excluding carboxylic acids is 1. The second kappa shape index (κ2) is 9.22. The van der Waals surface area contributed by atoms with Gasteiger partial charge in [-0.25, -0.2) is 14.2 Å². The van der Waals surface area contributed by atoms with Crippen LogP contribution < -0.4 is 9.64 Å². The fourth-order valence-electron chi connectivity index (χ4n) is 3.18. The molecule has 0 unspecified atom stereocenters. The summed E-state index contributed by atoms with van der Waals surface area (Å²) in [5.41, 5.74) is 1.41. The smallest absolute Gasteiger partial charge is 0.414 e. The summed E-state index contributed by atoms with van der Waals surface area (Å²) in [6.07, 6.45) is 2.04. The van der Waals surface area contributed by atoms with Gasteiger partial charge >= 0.3 is 6.09 Å². The molecule has 1 aliphatic heterocycles. The highest BCUT2D eigenvalue weighted by Crippen LogP contribution is 2.37. The number of H-pyrrole nitrogens is 1. The van der Waals surface area contributed by atoms with Crippen LogP contribution in [0.1, 0.15) is 26.5 Å². The molecule has 1 atom stereocenters. The fourth-order valence-corrected chi connectivity index (χ4v) is 4.12. The van der Waals surface area contributed by atoms with Crippen molar-refractivity contribution in [1.82, 2.24) is 15.1 Å². The van der Waals surface area contributed by atoms with Crippen LogP contribution in [0.25, 0.3) is 11.4 Å². The second-order valence-electron chi connectivity index (χ2n) is 9.72. The molecule has 1 aromatic carbocycles. The summed E-state index contributed by atoms with van der Waals surface area (Å²) in [5, 5.41) is 3.73. The van der Waals surface area contributed by atoms with Gasteiger partial charge in [0.1, 0.15) is 24.5 Å². The number of amides is 1. The minimum absolute atomic E-state index is 0.0894. The summed E-state index contributed by atoms with van der Waals surface area (Å²) in [6.45, 7) is 11.6. The Morgan fingerprint density at radius 1 is 1.29 bits per heavy atom. The average Bonchev–Trinajstić information content (AvgIpc) is 3.51. The zero-order chi connectivity index (χ0) is 24.5. The zero-order valence-corrected chi connectivity index (χ0v) is 20.9. The number of rotatable bonds is 8. The molecule has 182 valence electrons. The van der Waals surface area contributed by atoms with E-state index in [-0.39, 0.29) is 18.2 Å². The molecule has 1 aliphatic rings. The highest BCUT2D eigenvalue weighted by molar-refractivity contribution is 6.74. The van der Waals surface area contributed by atoms with Crippen molar-refractivity contribution in [2.75, 3.05) is 18.1 Å². The number of aromatic nitrogens is 3. The number of hydrogen-bond donors (Lipinski definition) is 1. The van der Waals surface area contributed by atoms with Crippen molar-refractivity contribution in [2.45, 2.75) is 51.6 Å². The molecule has 3 heterocycles. The minimum atomic E-state index is -1.92. The molecule has 0 aliphatic carbocycles. The molecule has 1 amide bonds. The molecule has 0 spiro atoms. The predicted molar refractivity (Wildman–Crippen MR) is 126 cm³/mol. The first-order valence-electron chi connectivity index (χ1n) is 11.0. The normalized spacial score (nSPS) is 16.7. The number of anilines is 1. The molecular weight excluding hydrogens is 459 g/mol. The third kappa shape index (κ3) is 5.15. The number of imidazole rings is 1. The second-order valence-corrected chi connectivity index (χ2v) is 14.5. The Labute approximate surface area is 198 Å². The van der Waals surface area contributed by atoms with Crippen LogP contribution in [0.3, 0.4) is 0 Å². The van der Waals surface area contributed by atoms with Gasteiger partial charge in [0.2, 0.25) is 0 Å². The number of benzene rings is 1. The van der Waals surface area contributed by atoms with E-state index >= 15 is 0 Å². The fraction of sp³-hybridized carbons (Fsp3) is 0.435. The van der Waals surface area contributed by atoms with Gasteiger partial charge < -0.3 is 23.4 Å². The van der Waals surface area contributed by atoms with Gasteiger partial charge in [-0.2, -0.15) is 0 Å². The lowest BCUT2D eigenvalue weighted by Gasteiger charge is -2.35. The third-order valence-corrected chi connectivity index (χ3v) is 10.7. The lowest BCUT2D eigenvalue weighted by Crippen LogP contribution is -2.40. The van der Waals surface area contributed by atoms with Crippen molar-refractivity contribution in [3.8, 4) is 17.3 Å². The maximum atomic E-state index is 15.0. The molecule has 1 fully saturated rings. The van der Waals surface area contributed by atoms with Gasteiger partial charge in [0.25, 0.3) is 5.88 Å². The molecule has 11 heteroatoms. The van der Waals surface area contributed by atoms with E-state index in [1.54, 1.807) is 24.4 Å². The first-order chi connectivity index (χ1) is 16.0. The monoisotopic (exact) mass is 488 g/mol. The first-order valence-corrected chi connectivity index (χ1v) is 13.9. The Morgan fingerprint density at radius 2 is 2.09 bits per heavy atom. The van der Waals surface area contributed by atoms with Gasteiger partial charge in [0.15, 0.2) is 14.4 Å². The first kappa shape index (κ1) is 24.0. The van der Waals surface area contributed by atoms with Gasteiger partial charge in [0, 0.05) is 12.3 Å². The van der Waals surface area contributed by atoms with Crippen LogP contribution in [-0.4, -0.2) is 48.8 Å². The van der Waals surface area contributed by atoms with Crippen LogP contribution in [-0.2, 0) is 15.8 Å². The van der Waals surface area contributed by atoms with Gasteiger partial charge in [-0.15, -0.1) is 0 Å². The number of cyclic esters (lactones) is 1. The lowest BCUT2D eigenvalue weighted by molar-refractivity contribution is 0.102. The summed E-state index contributed by atoms with van der Waals surface area (Å²) in [4.78, 5) is 21.2. The number of nitrogens with zero attached hydrogens (tertiary/aromatic N) is 3. The molecule has 0 bridgehead atoms. The summed E-state index contributed by atoms with van der Waals surface area (Å²) < 4.78 is 36.6. The van der Waals surface area contributed by atoms with Gasteiger partial charge in [0.05, 0.1) is 30.1 Å². The standard InChI is InChI=1S/C23H29FN4O5Si/c1-23(2,3)34(4,5)32-13-15-11-25-21(26-15)18-7-6-16(10-19(18)24)28-12-17(33-22(28)29)14-30-20-8-9-31-27-20/h6-11,17H,12-14H2,1-5H3,(H,25,26)/t17-/m0/s1. The molecule has 1 saturated heterocycles. The van der Waals surface area contributed by atoms with Crippen molar-refractivity contribution in [2.24, 2.45) is 0 Å². The van der Waals surface area contributed by atoms with Crippen LogP contribution >= 0.6 is 0 Å². The highest BCUT2D eigenvalue weighted by Gasteiger charge is 2.37. The van der Waals surface area contributed by atoms with Crippen molar-refractivity contribution in [3.05, 3.63) is 48.2 Å². The van der Waals surface area contributed by atoms with Crippen molar-refractivity contribution in [1.29, 1.82) is 0 Å². The van der Waals surface area contributed by atoms with Gasteiger partial charge in [-0.05, 0) is 41.5 Å². The molecule has 1 N–H and O–H groups in total. The molecule has 0 saturated carbocycles. The number of halogens is 1. The Kier molecular flexibility index (Phi) is 6.50. The lowest BCUT2D eigenvalue weighted by atomic mass is 10.1. The van der Waals surface area contributed by atoms with Gasteiger partial charge in [-0.1, -0.05) is 20.8 Å². The number of carbonyl (C=O) groups is 1. The molecule has 2 aromatic heterocycles. The predicted octanol–water partition coefficient (Wildman–Crippen LogP) is 5.13. The quantitative estimate of drug-likeness (QED) is 0.439. The van der Waals surface area contributed by atoms with E-state index in [9.17, 15) is 9.18 Å². The summed E-state index contributed by atoms with van der Waals surface area (Å²) in [5.74, 6) is 0.206. The van der Waals surface area contributed by atoms with E-state index < -0.39 is 26.3 Å². The Bertz CT molecular complexity index is 1140. The van der Waals surface area contributed by atoms with Crippen LogP contribution in [0.5, 0.6) is 5.88 Å². The third-order valence-electron chi connectivity index (χ3n) is 6.24. The maximum absolute atomic E-state index is 15.0. The van der Waals surface area contributed by atoms with E-state index in [1.807, 2.05) is 0 Å². The molecule has 3 aromatic rings. The molecule has 4 rings (SSSR count). The van der Waals surface area contributed by atoms with Crippen LogP contribution in [0, 0.1) is 5.82 Å². The van der Waals surface area contributed by atoms with Crippen LogP contribution in [0.4, 0.5) is 14.9 Å². The molecule has 0 radical (unpaired) electrons. The summed E-state index contributed by atoms with van der Waals surface area (Å²) >= 11 is 0. The molecule has 34 heavy (non-hydrogen) atoms. The SMILES string of the molecule is CC(C)(C)[Si](C)(C)OCc1c[nH]c(-c2ccc(N3C[C@@H](COc4ccon4)OC3=O)cc2F)n1. The summed E-state index contributed by atoms with van der Waals surface area (Å²) in [7, 11) is -1.92. The highest BCUT2D eigenvalue weighted by atomic mass is 28.4. The van der Waals surface area contributed by atoms with E-state index in [1.165, 1.54) is 17.2 Å². The van der Waals surface area contributed by atoms with E-state index in [0.717, 1.165) is 0 Å². The zero-order valence-electron chi connectivity index (χ0n) is 19.9. The molecular formula is C23H29FN4O5Si. The average molecular weight is 489 g/mol.